The summed E-state index contributed by atoms with van der Waals surface area (Å²) in [6, 6.07) is 8.24. The monoisotopic (exact) mass is 325 g/mol. The van der Waals surface area contributed by atoms with Crippen molar-refractivity contribution in [2.24, 2.45) is 20.0 Å². The predicted molar refractivity (Wildman–Crippen MR) is 92.4 cm³/mol. The van der Waals surface area contributed by atoms with Gasteiger partial charge < -0.3 is 14.6 Å². The predicted octanol–water partition coefficient (Wildman–Crippen LogP) is 2.17. The van der Waals surface area contributed by atoms with Gasteiger partial charge in [-0.2, -0.15) is 5.10 Å². The average molecular weight is 325 g/mol. The normalized spacial score (nSPS) is 20.9. The number of hydrogen-bond donors (Lipinski definition) is 1. The van der Waals surface area contributed by atoms with Crippen LogP contribution in [-0.4, -0.2) is 32.5 Å². The molecule has 4 rings (SSSR count). The molecule has 24 heavy (non-hydrogen) atoms. The van der Waals surface area contributed by atoms with Crippen LogP contribution in [0.3, 0.4) is 0 Å². The Bertz CT molecular complexity index is 837. The van der Waals surface area contributed by atoms with Crippen LogP contribution in [0.1, 0.15) is 23.9 Å². The van der Waals surface area contributed by atoms with E-state index in [0.29, 0.717) is 5.92 Å². The number of nitrogens with one attached hydrogen (secondary N) is 1. The van der Waals surface area contributed by atoms with E-state index in [2.05, 4.69) is 46.4 Å². The van der Waals surface area contributed by atoms with Gasteiger partial charge in [0.1, 0.15) is 5.82 Å². The molecule has 3 heterocycles. The number of nitrogens with zero attached hydrogens (tertiary/aromatic N) is 4. The summed E-state index contributed by atoms with van der Waals surface area (Å²) in [4.78, 5) is 4.71. The van der Waals surface area contributed by atoms with E-state index in [4.69, 9.17) is 9.72 Å². The zero-order valence-corrected chi connectivity index (χ0v) is 14.1. The van der Waals surface area contributed by atoms with Crippen molar-refractivity contribution >= 4 is 11.0 Å². The molecule has 2 atom stereocenters. The molecule has 3 aromatic rings. The van der Waals surface area contributed by atoms with Crippen molar-refractivity contribution in [3.63, 3.8) is 0 Å². The third-order valence-corrected chi connectivity index (χ3v) is 4.84. The van der Waals surface area contributed by atoms with Crippen molar-refractivity contribution < 1.29 is 4.74 Å². The van der Waals surface area contributed by atoms with Crippen molar-refractivity contribution in [1.82, 2.24) is 24.6 Å². The first-order valence-electron chi connectivity index (χ1n) is 8.43. The summed E-state index contributed by atoms with van der Waals surface area (Å²) in [5, 5.41) is 7.82. The third kappa shape index (κ3) is 2.83. The Labute approximate surface area is 141 Å². The molecule has 0 unspecified atom stereocenters. The largest absolute Gasteiger partial charge is 0.373 e. The van der Waals surface area contributed by atoms with E-state index >= 15 is 0 Å². The molecular formula is C18H23N5O. The minimum Gasteiger partial charge on any atom is -0.373 e. The molecule has 0 spiro atoms. The lowest BCUT2D eigenvalue weighted by Gasteiger charge is -2.17. The molecule has 0 radical (unpaired) electrons. The smallest absolute Gasteiger partial charge is 0.123 e. The first-order chi connectivity index (χ1) is 11.7. The standard InChI is InChI=1S/C18H23N5O/c1-22-12-14(10-20-22)18-13(7-8-24-18)9-19-11-17-21-15-5-3-4-6-16(15)23(17)2/h3-6,10,12-13,18-19H,7-9,11H2,1-2H3/t13-,18+/m0/s1. The van der Waals surface area contributed by atoms with E-state index in [-0.39, 0.29) is 6.10 Å². The molecule has 0 amide bonds. The van der Waals surface area contributed by atoms with Gasteiger partial charge in [-0.3, -0.25) is 4.68 Å². The fourth-order valence-corrected chi connectivity index (χ4v) is 3.52. The maximum atomic E-state index is 5.93. The van der Waals surface area contributed by atoms with Crippen LogP contribution >= 0.6 is 0 Å². The van der Waals surface area contributed by atoms with Gasteiger partial charge in [0, 0.05) is 44.9 Å². The molecular weight excluding hydrogens is 302 g/mol. The molecule has 2 aromatic heterocycles. The Morgan fingerprint density at radius 2 is 2.17 bits per heavy atom. The molecule has 6 heteroatoms. The van der Waals surface area contributed by atoms with E-state index in [1.165, 1.54) is 11.1 Å². The van der Waals surface area contributed by atoms with E-state index in [1.807, 2.05) is 24.0 Å². The van der Waals surface area contributed by atoms with Crippen molar-refractivity contribution in [2.75, 3.05) is 13.2 Å². The molecule has 1 aromatic carbocycles. The van der Waals surface area contributed by atoms with Crippen LogP contribution in [0.15, 0.2) is 36.7 Å². The van der Waals surface area contributed by atoms with Crippen LogP contribution in [0.4, 0.5) is 0 Å². The second kappa shape index (κ2) is 6.37. The van der Waals surface area contributed by atoms with Gasteiger partial charge in [-0.1, -0.05) is 12.1 Å². The van der Waals surface area contributed by atoms with Gasteiger partial charge in [-0.05, 0) is 18.6 Å². The topological polar surface area (TPSA) is 56.9 Å². The van der Waals surface area contributed by atoms with Crippen LogP contribution in [0, 0.1) is 5.92 Å². The lowest BCUT2D eigenvalue weighted by molar-refractivity contribution is 0.0903. The third-order valence-electron chi connectivity index (χ3n) is 4.84. The molecule has 1 fully saturated rings. The number of imidazole rings is 1. The SMILES string of the molecule is Cn1cc([C@@H]2OCC[C@H]2CNCc2nc3ccccc3n2C)cn1. The molecule has 126 valence electrons. The summed E-state index contributed by atoms with van der Waals surface area (Å²) in [5.41, 5.74) is 3.39. The van der Waals surface area contributed by atoms with E-state index in [0.717, 1.165) is 37.5 Å². The quantitative estimate of drug-likeness (QED) is 0.781. The van der Waals surface area contributed by atoms with Crippen LogP contribution in [-0.2, 0) is 25.4 Å². The molecule has 1 N–H and O–H groups in total. The Hall–Kier alpha value is -2.18. The van der Waals surface area contributed by atoms with Crippen molar-refractivity contribution in [2.45, 2.75) is 19.1 Å². The minimum absolute atomic E-state index is 0.145. The van der Waals surface area contributed by atoms with Gasteiger partial charge in [0.25, 0.3) is 0 Å². The fraction of sp³-hybridized carbons (Fsp3) is 0.444. The first-order valence-corrected chi connectivity index (χ1v) is 8.43. The van der Waals surface area contributed by atoms with Crippen LogP contribution in [0.5, 0.6) is 0 Å². The Morgan fingerprint density at radius 3 is 2.96 bits per heavy atom. The maximum absolute atomic E-state index is 5.93. The highest BCUT2D eigenvalue weighted by Crippen LogP contribution is 2.33. The average Bonchev–Trinajstić information content (AvgIpc) is 3.28. The van der Waals surface area contributed by atoms with Gasteiger partial charge >= 0.3 is 0 Å². The summed E-state index contributed by atoms with van der Waals surface area (Å²) in [7, 11) is 4.01. The highest BCUT2D eigenvalue weighted by atomic mass is 16.5. The van der Waals surface area contributed by atoms with Crippen LogP contribution < -0.4 is 5.32 Å². The molecule has 0 aliphatic carbocycles. The van der Waals surface area contributed by atoms with E-state index in [9.17, 15) is 0 Å². The van der Waals surface area contributed by atoms with Crippen LogP contribution in [0.2, 0.25) is 0 Å². The highest BCUT2D eigenvalue weighted by Gasteiger charge is 2.30. The van der Waals surface area contributed by atoms with Crippen LogP contribution in [0.25, 0.3) is 11.0 Å². The number of ether oxygens (including phenoxy) is 1. The second-order valence-corrected chi connectivity index (χ2v) is 6.49. The summed E-state index contributed by atoms with van der Waals surface area (Å²) in [6.07, 6.45) is 5.18. The summed E-state index contributed by atoms with van der Waals surface area (Å²) < 4.78 is 9.92. The van der Waals surface area contributed by atoms with Gasteiger partial charge in [0.2, 0.25) is 0 Å². The van der Waals surface area contributed by atoms with Crippen molar-refractivity contribution in [3.8, 4) is 0 Å². The lowest BCUT2D eigenvalue weighted by Crippen LogP contribution is -2.25. The van der Waals surface area contributed by atoms with Gasteiger partial charge in [0.05, 0.1) is 29.9 Å². The van der Waals surface area contributed by atoms with Gasteiger partial charge in [0.15, 0.2) is 0 Å². The summed E-state index contributed by atoms with van der Waals surface area (Å²) >= 11 is 0. The molecule has 0 bridgehead atoms. The summed E-state index contributed by atoms with van der Waals surface area (Å²) in [5.74, 6) is 1.54. The first kappa shape index (κ1) is 15.4. The number of aryl methyl sites for hydroxylation is 2. The number of benzene rings is 1. The van der Waals surface area contributed by atoms with E-state index < -0.39 is 0 Å². The Balaban J connectivity index is 1.40. The highest BCUT2D eigenvalue weighted by molar-refractivity contribution is 5.75. The molecule has 6 nitrogen and oxygen atoms in total. The zero-order chi connectivity index (χ0) is 16.5. The van der Waals surface area contributed by atoms with Gasteiger partial charge in [-0.25, -0.2) is 4.98 Å². The number of aromatic nitrogens is 4. The van der Waals surface area contributed by atoms with Crippen molar-refractivity contribution in [3.05, 3.63) is 48.0 Å². The number of rotatable bonds is 5. The Kier molecular flexibility index (Phi) is 4.08. The molecule has 1 aliphatic heterocycles. The molecule has 0 saturated carbocycles. The fourth-order valence-electron chi connectivity index (χ4n) is 3.52. The number of fused-ring (bicyclic) bond motifs is 1. The number of para-hydroxylation sites is 2. The summed E-state index contributed by atoms with van der Waals surface area (Å²) in [6.45, 7) is 2.50. The Morgan fingerprint density at radius 1 is 1.29 bits per heavy atom. The second-order valence-electron chi connectivity index (χ2n) is 6.49. The number of hydrogen-bond acceptors (Lipinski definition) is 4. The minimum atomic E-state index is 0.145. The lowest BCUT2D eigenvalue weighted by atomic mass is 9.97. The molecule has 1 aliphatic rings. The van der Waals surface area contributed by atoms with E-state index in [1.54, 1.807) is 0 Å². The van der Waals surface area contributed by atoms with Crippen molar-refractivity contribution in [1.29, 1.82) is 0 Å². The van der Waals surface area contributed by atoms with Gasteiger partial charge in [-0.15, -0.1) is 0 Å². The molecule has 1 saturated heterocycles. The maximum Gasteiger partial charge on any atom is 0.123 e. The zero-order valence-electron chi connectivity index (χ0n) is 14.1.